The fraction of sp³-hybridized carbons (Fsp3) is 0.471. The monoisotopic (exact) mass is 350 g/mol. The van der Waals surface area contributed by atoms with Crippen molar-refractivity contribution in [3.05, 3.63) is 29.3 Å². The van der Waals surface area contributed by atoms with E-state index in [0.29, 0.717) is 11.4 Å². The second kappa shape index (κ2) is 8.19. The van der Waals surface area contributed by atoms with Crippen LogP contribution in [0.25, 0.3) is 0 Å². The third-order valence-corrected chi connectivity index (χ3v) is 5.11. The van der Waals surface area contributed by atoms with Gasteiger partial charge in [0.2, 0.25) is 11.8 Å². The lowest BCUT2D eigenvalue weighted by atomic mass is 10.1. The average Bonchev–Trinajstić information content (AvgIpc) is 2.53. The molecule has 2 atom stereocenters. The van der Waals surface area contributed by atoms with Crippen molar-refractivity contribution < 1.29 is 19.1 Å². The molecule has 6 nitrogen and oxygen atoms in total. The molecule has 0 unspecified atom stereocenters. The summed E-state index contributed by atoms with van der Waals surface area (Å²) in [7, 11) is 0. The van der Waals surface area contributed by atoms with Crippen molar-refractivity contribution in [3.8, 4) is 0 Å². The molecule has 2 amide bonds. The molecule has 130 valence electrons. The van der Waals surface area contributed by atoms with E-state index in [9.17, 15) is 14.4 Å². The SMILES string of the molecule is CCOC(=O)[C@@H]1CS[C@H](CC(=O)Nc2ccc(C)c(C)c2)C(=O)N1. The summed E-state index contributed by atoms with van der Waals surface area (Å²) in [6.45, 7) is 5.97. The highest BCUT2D eigenvalue weighted by Gasteiger charge is 2.34. The molecule has 1 saturated heterocycles. The van der Waals surface area contributed by atoms with Gasteiger partial charge in [0.15, 0.2) is 0 Å². The molecule has 1 aliphatic rings. The number of aryl methyl sites for hydroxylation is 2. The van der Waals surface area contributed by atoms with Gasteiger partial charge < -0.3 is 15.4 Å². The Hall–Kier alpha value is -2.02. The zero-order valence-corrected chi connectivity index (χ0v) is 14.9. The molecular formula is C17H22N2O4S. The van der Waals surface area contributed by atoms with Crippen molar-refractivity contribution in [1.82, 2.24) is 5.32 Å². The summed E-state index contributed by atoms with van der Waals surface area (Å²) in [6, 6.07) is 5.04. The number of carbonyl (C=O) groups excluding carboxylic acids is 3. The largest absolute Gasteiger partial charge is 0.464 e. The van der Waals surface area contributed by atoms with Gasteiger partial charge in [-0.2, -0.15) is 0 Å². The van der Waals surface area contributed by atoms with Gasteiger partial charge in [0.05, 0.1) is 11.9 Å². The third-order valence-electron chi connectivity index (χ3n) is 3.81. The Morgan fingerprint density at radius 3 is 2.71 bits per heavy atom. The van der Waals surface area contributed by atoms with Crippen LogP contribution >= 0.6 is 11.8 Å². The standard InChI is InChI=1S/C17H22N2O4S/c1-4-23-17(22)13-9-24-14(16(21)19-13)8-15(20)18-12-6-5-10(2)11(3)7-12/h5-7,13-14H,4,8-9H2,1-3H3,(H,18,20)(H,19,21)/t13-,14+/m0/s1. The van der Waals surface area contributed by atoms with E-state index in [-0.39, 0.29) is 24.8 Å². The van der Waals surface area contributed by atoms with E-state index in [4.69, 9.17) is 4.74 Å². The minimum Gasteiger partial charge on any atom is -0.464 e. The summed E-state index contributed by atoms with van der Waals surface area (Å²) >= 11 is 1.30. The maximum atomic E-state index is 12.1. The van der Waals surface area contributed by atoms with Crippen LogP contribution in [0, 0.1) is 13.8 Å². The Labute approximate surface area is 145 Å². The van der Waals surface area contributed by atoms with Gasteiger partial charge in [-0.3, -0.25) is 9.59 Å². The smallest absolute Gasteiger partial charge is 0.329 e. The minimum absolute atomic E-state index is 0.0684. The number of hydrogen-bond acceptors (Lipinski definition) is 5. The number of rotatable bonds is 5. The second-order valence-corrected chi connectivity index (χ2v) is 6.92. The van der Waals surface area contributed by atoms with E-state index in [1.54, 1.807) is 6.92 Å². The van der Waals surface area contributed by atoms with Gasteiger partial charge in [-0.1, -0.05) is 6.07 Å². The van der Waals surface area contributed by atoms with Gasteiger partial charge >= 0.3 is 5.97 Å². The van der Waals surface area contributed by atoms with Crippen molar-refractivity contribution >= 4 is 35.2 Å². The maximum absolute atomic E-state index is 12.1. The predicted molar refractivity (Wildman–Crippen MR) is 94.0 cm³/mol. The Morgan fingerprint density at radius 1 is 1.33 bits per heavy atom. The topological polar surface area (TPSA) is 84.5 Å². The fourth-order valence-corrected chi connectivity index (χ4v) is 3.45. The molecule has 1 aromatic carbocycles. The molecule has 1 aliphatic heterocycles. The molecule has 24 heavy (non-hydrogen) atoms. The highest BCUT2D eigenvalue weighted by atomic mass is 32.2. The summed E-state index contributed by atoms with van der Waals surface area (Å²) in [4.78, 5) is 35.9. The van der Waals surface area contributed by atoms with Crippen LogP contribution < -0.4 is 10.6 Å². The molecule has 2 rings (SSSR count). The summed E-state index contributed by atoms with van der Waals surface area (Å²) in [5.41, 5.74) is 2.96. The lowest BCUT2D eigenvalue weighted by Crippen LogP contribution is -2.51. The summed E-state index contributed by atoms with van der Waals surface area (Å²) in [5, 5.41) is 4.93. The minimum atomic E-state index is -0.637. The fourth-order valence-electron chi connectivity index (χ4n) is 2.32. The normalized spacial score (nSPS) is 20.2. The van der Waals surface area contributed by atoms with Crippen LogP contribution in [0.5, 0.6) is 0 Å². The highest BCUT2D eigenvalue weighted by Crippen LogP contribution is 2.22. The van der Waals surface area contributed by atoms with Crippen molar-refractivity contribution in [2.45, 2.75) is 38.5 Å². The van der Waals surface area contributed by atoms with Crippen molar-refractivity contribution in [3.63, 3.8) is 0 Å². The first kappa shape index (κ1) is 18.3. The van der Waals surface area contributed by atoms with Crippen LogP contribution in [0.2, 0.25) is 0 Å². The molecule has 7 heteroatoms. The zero-order valence-electron chi connectivity index (χ0n) is 14.0. The van der Waals surface area contributed by atoms with Crippen LogP contribution in [0.15, 0.2) is 18.2 Å². The molecule has 1 heterocycles. The zero-order chi connectivity index (χ0) is 17.7. The number of hydrogen-bond donors (Lipinski definition) is 2. The Morgan fingerprint density at radius 2 is 2.08 bits per heavy atom. The molecule has 1 fully saturated rings. The Bertz CT molecular complexity index is 647. The van der Waals surface area contributed by atoms with E-state index in [1.807, 2.05) is 32.0 Å². The molecule has 2 N–H and O–H groups in total. The van der Waals surface area contributed by atoms with E-state index in [0.717, 1.165) is 11.1 Å². The van der Waals surface area contributed by atoms with Crippen LogP contribution in [-0.2, 0) is 19.1 Å². The number of ether oxygens (including phenoxy) is 1. The lowest BCUT2D eigenvalue weighted by molar-refractivity contribution is -0.146. The highest BCUT2D eigenvalue weighted by molar-refractivity contribution is 8.00. The van der Waals surface area contributed by atoms with E-state index in [2.05, 4.69) is 10.6 Å². The van der Waals surface area contributed by atoms with E-state index < -0.39 is 17.3 Å². The predicted octanol–water partition coefficient (Wildman–Crippen LogP) is 1.80. The Balaban J connectivity index is 1.87. The number of nitrogens with one attached hydrogen (secondary N) is 2. The first-order valence-corrected chi connectivity index (χ1v) is 8.91. The van der Waals surface area contributed by atoms with E-state index >= 15 is 0 Å². The molecule has 0 saturated carbocycles. The summed E-state index contributed by atoms with van der Waals surface area (Å²) in [6.07, 6.45) is 0.0684. The molecule has 0 aromatic heterocycles. The van der Waals surface area contributed by atoms with Gasteiger partial charge in [0, 0.05) is 17.9 Å². The molecule has 0 radical (unpaired) electrons. The number of amides is 2. The van der Waals surface area contributed by atoms with Crippen LogP contribution in [0.4, 0.5) is 5.69 Å². The maximum Gasteiger partial charge on any atom is 0.329 e. The van der Waals surface area contributed by atoms with E-state index in [1.165, 1.54) is 11.8 Å². The quantitative estimate of drug-likeness (QED) is 0.791. The number of carbonyl (C=O) groups is 3. The van der Waals surface area contributed by atoms with Gasteiger partial charge in [-0.15, -0.1) is 11.8 Å². The van der Waals surface area contributed by atoms with Crippen LogP contribution in [0.3, 0.4) is 0 Å². The summed E-state index contributed by atoms with van der Waals surface area (Å²) in [5.74, 6) is -0.553. The number of anilines is 1. The number of thioether (sulfide) groups is 1. The van der Waals surface area contributed by atoms with Gasteiger partial charge in [0.25, 0.3) is 0 Å². The van der Waals surface area contributed by atoms with Gasteiger partial charge in [-0.05, 0) is 44.0 Å². The van der Waals surface area contributed by atoms with Crippen LogP contribution in [0.1, 0.15) is 24.5 Å². The number of benzene rings is 1. The van der Waals surface area contributed by atoms with Gasteiger partial charge in [-0.25, -0.2) is 4.79 Å². The van der Waals surface area contributed by atoms with Gasteiger partial charge in [0.1, 0.15) is 6.04 Å². The number of esters is 1. The molecule has 0 bridgehead atoms. The second-order valence-electron chi connectivity index (χ2n) is 5.69. The van der Waals surface area contributed by atoms with Crippen molar-refractivity contribution in [2.24, 2.45) is 0 Å². The van der Waals surface area contributed by atoms with Crippen molar-refractivity contribution in [1.29, 1.82) is 0 Å². The molecular weight excluding hydrogens is 328 g/mol. The summed E-state index contributed by atoms with van der Waals surface area (Å²) < 4.78 is 4.90. The third kappa shape index (κ3) is 4.74. The molecule has 0 spiro atoms. The average molecular weight is 350 g/mol. The van der Waals surface area contributed by atoms with Crippen LogP contribution in [-0.4, -0.2) is 41.4 Å². The first-order valence-electron chi connectivity index (χ1n) is 7.86. The lowest BCUT2D eigenvalue weighted by Gasteiger charge is -2.27. The first-order chi connectivity index (χ1) is 11.4. The Kier molecular flexibility index (Phi) is 6.25. The molecule has 1 aromatic rings. The molecule has 0 aliphatic carbocycles. The van der Waals surface area contributed by atoms with Crippen molar-refractivity contribution in [2.75, 3.05) is 17.7 Å².